The van der Waals surface area contributed by atoms with Crippen molar-refractivity contribution in [3.05, 3.63) is 95.3 Å². The summed E-state index contributed by atoms with van der Waals surface area (Å²) in [5.74, 6) is -0.184. The second-order valence-electron chi connectivity index (χ2n) is 6.60. The fraction of sp³-hybridized carbons (Fsp3) is 0.174. The molecule has 25 heavy (non-hydrogen) atoms. The number of rotatable bonds is 3. The van der Waals surface area contributed by atoms with Gasteiger partial charge in [0.2, 0.25) is 0 Å². The molecule has 0 amide bonds. The fourth-order valence-electron chi connectivity index (χ4n) is 3.38. The van der Waals surface area contributed by atoms with Gasteiger partial charge in [-0.2, -0.15) is 0 Å². The van der Waals surface area contributed by atoms with Gasteiger partial charge in [-0.1, -0.05) is 72.3 Å². The largest absolute Gasteiger partial charge is 0.281 e. The molecule has 0 unspecified atom stereocenters. The minimum atomic E-state index is -0.184. The first-order chi connectivity index (χ1) is 12.2. The average molecular weight is 329 g/mol. The number of aliphatic imine (C=N–C) groups is 1. The quantitative estimate of drug-likeness (QED) is 0.548. The molecule has 0 saturated heterocycles. The zero-order valence-electron chi connectivity index (χ0n) is 14.2. The second-order valence-corrected chi connectivity index (χ2v) is 6.60. The maximum absolute atomic E-state index is 14.0. The number of hydrogen-bond acceptors (Lipinski definition) is 1. The van der Waals surface area contributed by atoms with E-state index >= 15 is 0 Å². The van der Waals surface area contributed by atoms with Gasteiger partial charge in [-0.3, -0.25) is 4.99 Å². The molecule has 1 nitrogen and oxygen atoms in total. The first-order valence-electron chi connectivity index (χ1n) is 8.69. The highest BCUT2D eigenvalue weighted by molar-refractivity contribution is 6.02. The number of aryl methyl sites for hydroxylation is 1. The van der Waals surface area contributed by atoms with Crippen LogP contribution in [0.5, 0.6) is 0 Å². The van der Waals surface area contributed by atoms with Gasteiger partial charge < -0.3 is 0 Å². The predicted molar refractivity (Wildman–Crippen MR) is 102 cm³/mol. The van der Waals surface area contributed by atoms with Gasteiger partial charge in [-0.25, -0.2) is 4.39 Å². The molecular formula is C23H20FN. The number of halogens is 1. The third-order valence-electron chi connectivity index (χ3n) is 4.83. The molecule has 124 valence electrons. The Morgan fingerprint density at radius 3 is 2.16 bits per heavy atom. The van der Waals surface area contributed by atoms with E-state index in [4.69, 9.17) is 4.99 Å². The van der Waals surface area contributed by atoms with E-state index in [2.05, 4.69) is 55.5 Å². The standard InChI is InChI=1S/C23H20FN/c1-16-6-8-17(9-7-16)18-10-12-19(13-11-18)22-14-15-23(25-22)20-4-2-3-5-21(20)24/h2-13,22H,14-15H2,1H3/t22-/m1/s1. The van der Waals surface area contributed by atoms with E-state index in [0.717, 1.165) is 18.6 Å². The van der Waals surface area contributed by atoms with E-state index < -0.39 is 0 Å². The van der Waals surface area contributed by atoms with E-state index in [-0.39, 0.29) is 11.9 Å². The molecule has 0 N–H and O–H groups in total. The molecule has 1 aliphatic heterocycles. The molecule has 1 heterocycles. The van der Waals surface area contributed by atoms with Gasteiger partial charge >= 0.3 is 0 Å². The van der Waals surface area contributed by atoms with E-state index in [0.29, 0.717) is 5.56 Å². The lowest BCUT2D eigenvalue weighted by Crippen LogP contribution is -1.99. The van der Waals surface area contributed by atoms with E-state index in [1.807, 2.05) is 12.1 Å². The highest BCUT2D eigenvalue weighted by atomic mass is 19.1. The van der Waals surface area contributed by atoms with Crippen molar-refractivity contribution in [3.8, 4) is 11.1 Å². The maximum atomic E-state index is 14.0. The van der Waals surface area contributed by atoms with Crippen LogP contribution < -0.4 is 0 Å². The van der Waals surface area contributed by atoms with Gasteiger partial charge in [-0.15, -0.1) is 0 Å². The lowest BCUT2D eigenvalue weighted by molar-refractivity contribution is 0.625. The zero-order chi connectivity index (χ0) is 17.2. The molecule has 2 heteroatoms. The number of hydrogen-bond donors (Lipinski definition) is 0. The molecule has 1 aliphatic rings. The van der Waals surface area contributed by atoms with Crippen LogP contribution in [0, 0.1) is 12.7 Å². The van der Waals surface area contributed by atoms with Crippen LogP contribution in [0.15, 0.2) is 77.8 Å². The molecule has 0 saturated carbocycles. The van der Waals surface area contributed by atoms with Gasteiger partial charge in [-0.05, 0) is 42.5 Å². The SMILES string of the molecule is Cc1ccc(-c2ccc([C@H]3CCC(c4ccccc4F)=N3)cc2)cc1. The minimum Gasteiger partial charge on any atom is -0.281 e. The Hall–Kier alpha value is -2.74. The number of benzene rings is 3. The van der Waals surface area contributed by atoms with Crippen LogP contribution in [0.4, 0.5) is 4.39 Å². The van der Waals surface area contributed by atoms with E-state index in [1.54, 1.807) is 6.07 Å². The Labute approximate surface area is 147 Å². The molecule has 0 bridgehead atoms. The highest BCUT2D eigenvalue weighted by Crippen LogP contribution is 2.32. The summed E-state index contributed by atoms with van der Waals surface area (Å²) in [5, 5.41) is 0. The molecule has 4 rings (SSSR count). The summed E-state index contributed by atoms with van der Waals surface area (Å²) in [7, 11) is 0. The van der Waals surface area contributed by atoms with Crippen LogP contribution in [0.1, 0.15) is 35.6 Å². The Kier molecular flexibility index (Phi) is 4.19. The Bertz CT molecular complexity index is 908. The first-order valence-corrected chi connectivity index (χ1v) is 8.69. The molecule has 0 fully saturated rings. The molecule has 0 radical (unpaired) electrons. The molecule has 3 aromatic rings. The summed E-state index contributed by atoms with van der Waals surface area (Å²) >= 11 is 0. The lowest BCUT2D eigenvalue weighted by Gasteiger charge is -2.09. The topological polar surface area (TPSA) is 12.4 Å². The Morgan fingerprint density at radius 2 is 1.48 bits per heavy atom. The molecule has 0 aromatic heterocycles. The minimum absolute atomic E-state index is 0.127. The van der Waals surface area contributed by atoms with E-state index in [9.17, 15) is 4.39 Å². The van der Waals surface area contributed by atoms with Crippen molar-refractivity contribution in [2.75, 3.05) is 0 Å². The molecule has 0 spiro atoms. The van der Waals surface area contributed by atoms with Gasteiger partial charge in [0.25, 0.3) is 0 Å². The van der Waals surface area contributed by atoms with Gasteiger partial charge in [0.1, 0.15) is 5.82 Å². The van der Waals surface area contributed by atoms with Crippen LogP contribution >= 0.6 is 0 Å². The third-order valence-corrected chi connectivity index (χ3v) is 4.83. The summed E-state index contributed by atoms with van der Waals surface area (Å²) in [5.41, 5.74) is 6.41. The van der Waals surface area contributed by atoms with Crippen LogP contribution in [0.25, 0.3) is 11.1 Å². The van der Waals surface area contributed by atoms with Gasteiger partial charge in [0.15, 0.2) is 0 Å². The molecular weight excluding hydrogens is 309 g/mol. The maximum Gasteiger partial charge on any atom is 0.132 e. The van der Waals surface area contributed by atoms with Crippen molar-refractivity contribution in [1.82, 2.24) is 0 Å². The van der Waals surface area contributed by atoms with Crippen molar-refractivity contribution in [3.63, 3.8) is 0 Å². The van der Waals surface area contributed by atoms with Crippen LogP contribution in [0.2, 0.25) is 0 Å². The average Bonchev–Trinajstić information content (AvgIpc) is 3.13. The normalized spacial score (nSPS) is 16.7. The summed E-state index contributed by atoms with van der Waals surface area (Å²) in [4.78, 5) is 4.78. The smallest absolute Gasteiger partial charge is 0.132 e. The summed E-state index contributed by atoms with van der Waals surface area (Å²) in [6.07, 6.45) is 1.76. The molecule has 0 aliphatic carbocycles. The zero-order valence-corrected chi connectivity index (χ0v) is 14.2. The predicted octanol–water partition coefficient (Wildman–Crippen LogP) is 6.13. The van der Waals surface area contributed by atoms with Crippen molar-refractivity contribution in [2.45, 2.75) is 25.8 Å². The van der Waals surface area contributed by atoms with Crippen molar-refractivity contribution < 1.29 is 4.39 Å². The number of nitrogens with zero attached hydrogens (tertiary/aromatic N) is 1. The van der Waals surface area contributed by atoms with Gasteiger partial charge in [0, 0.05) is 11.3 Å². The summed E-state index contributed by atoms with van der Waals surface area (Å²) in [6, 6.07) is 24.2. The molecule has 3 aromatic carbocycles. The lowest BCUT2D eigenvalue weighted by atomic mass is 9.99. The van der Waals surface area contributed by atoms with Crippen LogP contribution in [-0.4, -0.2) is 5.71 Å². The Morgan fingerprint density at radius 1 is 0.840 bits per heavy atom. The molecule has 1 atom stereocenters. The Balaban J connectivity index is 1.57. The highest BCUT2D eigenvalue weighted by Gasteiger charge is 2.21. The van der Waals surface area contributed by atoms with Crippen LogP contribution in [-0.2, 0) is 0 Å². The first kappa shape index (κ1) is 15.8. The summed E-state index contributed by atoms with van der Waals surface area (Å²) in [6.45, 7) is 2.10. The van der Waals surface area contributed by atoms with Crippen molar-refractivity contribution in [1.29, 1.82) is 0 Å². The van der Waals surface area contributed by atoms with Crippen molar-refractivity contribution in [2.24, 2.45) is 4.99 Å². The van der Waals surface area contributed by atoms with Crippen molar-refractivity contribution >= 4 is 5.71 Å². The monoisotopic (exact) mass is 329 g/mol. The fourth-order valence-corrected chi connectivity index (χ4v) is 3.38. The van der Waals surface area contributed by atoms with Gasteiger partial charge in [0.05, 0.1) is 6.04 Å². The third kappa shape index (κ3) is 3.25. The van der Waals surface area contributed by atoms with E-state index in [1.165, 1.54) is 28.3 Å². The second kappa shape index (κ2) is 6.64. The summed E-state index contributed by atoms with van der Waals surface area (Å²) < 4.78 is 14.0. The van der Waals surface area contributed by atoms with Crippen LogP contribution in [0.3, 0.4) is 0 Å².